The molecule has 2 aromatic heterocycles. The molecule has 1 fully saturated rings. The second kappa shape index (κ2) is 9.54. The Morgan fingerprint density at radius 2 is 2.03 bits per heavy atom. The Labute approximate surface area is 190 Å². The number of anilines is 2. The molecule has 10 heteroatoms. The summed E-state index contributed by atoms with van der Waals surface area (Å²) in [5, 5.41) is 4.80. The zero-order valence-electron chi connectivity index (χ0n) is 18.1. The lowest BCUT2D eigenvalue weighted by Crippen LogP contribution is -2.37. The van der Waals surface area contributed by atoms with Crippen LogP contribution in [0.15, 0.2) is 35.6 Å². The van der Waals surface area contributed by atoms with E-state index in [1.54, 1.807) is 13.3 Å². The standard InChI is InChI=1S/C22H24ClFN6O2/c1-14-10-16(15(2)30(14)17-4-5-20(31-3)18(23)11-17)12-26-28-22-25-13-19(24)21(27-22)29-6-8-32-9-7-29/h4-5,10-13H,6-9H2,1-3H3,(H,25,27,28)/b26-12+. The molecular formula is C22H24ClFN6O2. The number of aromatic nitrogens is 3. The minimum Gasteiger partial charge on any atom is -0.495 e. The van der Waals surface area contributed by atoms with Gasteiger partial charge >= 0.3 is 0 Å². The second-order valence-corrected chi connectivity index (χ2v) is 7.72. The van der Waals surface area contributed by atoms with Gasteiger partial charge in [-0.2, -0.15) is 10.1 Å². The number of nitrogens with one attached hydrogen (secondary N) is 1. The number of hydrazone groups is 1. The van der Waals surface area contributed by atoms with Crippen molar-refractivity contribution in [2.45, 2.75) is 13.8 Å². The van der Waals surface area contributed by atoms with Crippen molar-refractivity contribution < 1.29 is 13.9 Å². The lowest BCUT2D eigenvalue weighted by Gasteiger charge is -2.27. The van der Waals surface area contributed by atoms with Crippen LogP contribution in [0, 0.1) is 19.7 Å². The molecule has 0 radical (unpaired) electrons. The highest BCUT2D eigenvalue weighted by atomic mass is 35.5. The summed E-state index contributed by atoms with van der Waals surface area (Å²) in [6, 6.07) is 7.66. The Hall–Kier alpha value is -3.17. The van der Waals surface area contributed by atoms with Crippen LogP contribution in [0.25, 0.3) is 5.69 Å². The molecule has 0 spiro atoms. The predicted molar refractivity (Wildman–Crippen MR) is 123 cm³/mol. The van der Waals surface area contributed by atoms with Crippen molar-refractivity contribution in [3.63, 3.8) is 0 Å². The first-order chi connectivity index (χ1) is 15.5. The zero-order valence-corrected chi connectivity index (χ0v) is 18.9. The molecule has 0 unspecified atom stereocenters. The van der Waals surface area contributed by atoms with E-state index in [0.717, 1.165) is 28.8 Å². The largest absolute Gasteiger partial charge is 0.495 e. The molecule has 0 amide bonds. The minimum atomic E-state index is -0.469. The third kappa shape index (κ3) is 4.53. The van der Waals surface area contributed by atoms with Crippen LogP contribution < -0.4 is 15.1 Å². The van der Waals surface area contributed by atoms with Crippen LogP contribution in [0.2, 0.25) is 5.02 Å². The fourth-order valence-electron chi connectivity index (χ4n) is 3.68. The summed E-state index contributed by atoms with van der Waals surface area (Å²) in [5.41, 5.74) is 6.65. The van der Waals surface area contributed by atoms with E-state index in [-0.39, 0.29) is 11.8 Å². The van der Waals surface area contributed by atoms with Gasteiger partial charge in [-0.15, -0.1) is 0 Å². The number of methoxy groups -OCH3 is 1. The smallest absolute Gasteiger partial charge is 0.245 e. The Balaban J connectivity index is 1.52. The average molecular weight is 459 g/mol. The normalized spacial score (nSPS) is 14.2. The number of rotatable bonds is 6. The van der Waals surface area contributed by atoms with Crippen molar-refractivity contribution in [2.75, 3.05) is 43.7 Å². The van der Waals surface area contributed by atoms with Crippen LogP contribution in [-0.4, -0.2) is 54.2 Å². The SMILES string of the molecule is COc1ccc(-n2c(C)cc(/C=N/Nc3ncc(F)c(N4CCOCC4)n3)c2C)cc1Cl. The fourth-order valence-corrected chi connectivity index (χ4v) is 3.93. The third-order valence-electron chi connectivity index (χ3n) is 5.27. The number of ether oxygens (including phenoxy) is 2. The molecule has 8 nitrogen and oxygen atoms in total. The number of benzene rings is 1. The Morgan fingerprint density at radius 3 is 2.75 bits per heavy atom. The molecule has 0 saturated carbocycles. The van der Waals surface area contributed by atoms with Crippen molar-refractivity contribution in [1.82, 2.24) is 14.5 Å². The molecule has 3 aromatic rings. The molecular weight excluding hydrogens is 435 g/mol. The molecule has 0 aliphatic carbocycles. The Kier molecular flexibility index (Phi) is 6.57. The van der Waals surface area contributed by atoms with Crippen LogP contribution in [0.4, 0.5) is 16.2 Å². The lowest BCUT2D eigenvalue weighted by atomic mass is 10.2. The van der Waals surface area contributed by atoms with E-state index in [1.807, 2.05) is 43.0 Å². The van der Waals surface area contributed by atoms with Crippen LogP contribution in [-0.2, 0) is 4.74 Å². The van der Waals surface area contributed by atoms with Gasteiger partial charge in [0.2, 0.25) is 5.95 Å². The summed E-state index contributed by atoms with van der Waals surface area (Å²) in [5.74, 6) is 0.623. The molecule has 1 aliphatic rings. The van der Waals surface area contributed by atoms with Crippen molar-refractivity contribution in [2.24, 2.45) is 5.10 Å². The van der Waals surface area contributed by atoms with Gasteiger partial charge in [-0.05, 0) is 38.1 Å². The first-order valence-electron chi connectivity index (χ1n) is 10.1. The van der Waals surface area contributed by atoms with E-state index in [1.165, 1.54) is 0 Å². The van der Waals surface area contributed by atoms with Gasteiger partial charge in [0.15, 0.2) is 11.6 Å². The highest BCUT2D eigenvalue weighted by Gasteiger charge is 2.18. The predicted octanol–water partition coefficient (Wildman–Crippen LogP) is 3.97. The zero-order chi connectivity index (χ0) is 22.7. The van der Waals surface area contributed by atoms with Crippen molar-refractivity contribution >= 4 is 29.6 Å². The van der Waals surface area contributed by atoms with Gasteiger partial charge in [0.25, 0.3) is 0 Å². The maximum absolute atomic E-state index is 14.2. The highest BCUT2D eigenvalue weighted by Crippen LogP contribution is 2.29. The molecule has 3 heterocycles. The van der Waals surface area contributed by atoms with Crippen LogP contribution in [0.1, 0.15) is 17.0 Å². The van der Waals surface area contributed by atoms with E-state index < -0.39 is 5.82 Å². The van der Waals surface area contributed by atoms with Gasteiger partial charge in [-0.1, -0.05) is 11.6 Å². The summed E-state index contributed by atoms with van der Waals surface area (Å²) >= 11 is 6.30. The topological polar surface area (TPSA) is 76.8 Å². The minimum absolute atomic E-state index is 0.222. The van der Waals surface area contributed by atoms with Crippen LogP contribution >= 0.6 is 11.6 Å². The second-order valence-electron chi connectivity index (χ2n) is 7.32. The molecule has 1 N–H and O–H groups in total. The van der Waals surface area contributed by atoms with Crippen molar-refractivity contribution in [3.05, 3.63) is 58.3 Å². The molecule has 32 heavy (non-hydrogen) atoms. The van der Waals surface area contributed by atoms with Gasteiger partial charge in [-0.25, -0.2) is 14.8 Å². The monoisotopic (exact) mass is 458 g/mol. The summed E-state index contributed by atoms with van der Waals surface area (Å²) in [4.78, 5) is 10.1. The van der Waals surface area contributed by atoms with E-state index in [9.17, 15) is 4.39 Å². The van der Waals surface area contributed by atoms with Gasteiger partial charge in [-0.3, -0.25) is 0 Å². The molecule has 1 aromatic carbocycles. The van der Waals surface area contributed by atoms with Gasteiger partial charge in [0.05, 0.1) is 37.8 Å². The van der Waals surface area contributed by atoms with Crippen LogP contribution in [0.5, 0.6) is 5.75 Å². The number of aryl methyl sites for hydroxylation is 1. The van der Waals surface area contributed by atoms with Gasteiger partial charge < -0.3 is 18.9 Å². The molecule has 168 valence electrons. The molecule has 1 saturated heterocycles. The van der Waals surface area contributed by atoms with E-state index in [2.05, 4.69) is 25.1 Å². The maximum Gasteiger partial charge on any atom is 0.245 e. The number of hydrogen-bond donors (Lipinski definition) is 1. The summed E-state index contributed by atoms with van der Waals surface area (Å²) in [6.07, 6.45) is 2.83. The summed E-state index contributed by atoms with van der Waals surface area (Å²) in [6.45, 7) is 6.25. The van der Waals surface area contributed by atoms with Crippen LogP contribution in [0.3, 0.4) is 0 Å². The summed E-state index contributed by atoms with van der Waals surface area (Å²) < 4.78 is 26.8. The molecule has 4 rings (SSSR count). The van der Waals surface area contributed by atoms with Crippen molar-refractivity contribution in [1.29, 1.82) is 0 Å². The Bertz CT molecular complexity index is 1140. The maximum atomic E-state index is 14.2. The third-order valence-corrected chi connectivity index (χ3v) is 5.56. The highest BCUT2D eigenvalue weighted by molar-refractivity contribution is 6.32. The number of nitrogens with zero attached hydrogens (tertiary/aromatic N) is 5. The molecule has 0 bridgehead atoms. The number of hydrogen-bond acceptors (Lipinski definition) is 7. The quantitative estimate of drug-likeness (QED) is 0.445. The van der Waals surface area contributed by atoms with E-state index in [0.29, 0.717) is 37.1 Å². The van der Waals surface area contributed by atoms with Crippen molar-refractivity contribution in [3.8, 4) is 11.4 Å². The van der Waals surface area contributed by atoms with E-state index >= 15 is 0 Å². The van der Waals surface area contributed by atoms with E-state index in [4.69, 9.17) is 21.1 Å². The summed E-state index contributed by atoms with van der Waals surface area (Å²) in [7, 11) is 1.59. The number of halogens is 2. The van der Waals surface area contributed by atoms with Gasteiger partial charge in [0, 0.05) is 35.7 Å². The first-order valence-corrected chi connectivity index (χ1v) is 10.5. The first kappa shape index (κ1) is 22.0. The molecule has 0 atom stereocenters. The average Bonchev–Trinajstić information content (AvgIpc) is 3.08. The van der Waals surface area contributed by atoms with Gasteiger partial charge in [0.1, 0.15) is 5.75 Å². The Morgan fingerprint density at radius 1 is 1.25 bits per heavy atom. The number of morpholine rings is 1. The molecule has 1 aliphatic heterocycles. The lowest BCUT2D eigenvalue weighted by molar-refractivity contribution is 0.122. The fraction of sp³-hybridized carbons (Fsp3) is 0.318.